The molecule has 0 amide bonds. The molecule has 0 spiro atoms. The van der Waals surface area contributed by atoms with Gasteiger partial charge in [0.2, 0.25) is 0 Å². The number of carboxylic acids is 2. The van der Waals surface area contributed by atoms with E-state index in [0.717, 1.165) is 12.8 Å². The van der Waals surface area contributed by atoms with Crippen molar-refractivity contribution >= 4 is 11.9 Å². The zero-order valence-corrected chi connectivity index (χ0v) is 15.5. The molecule has 2 aromatic rings. The minimum absolute atomic E-state index is 0.127. The first-order valence-electron chi connectivity index (χ1n) is 8.94. The molecule has 0 aliphatic rings. The zero-order valence-electron chi connectivity index (χ0n) is 15.5. The lowest BCUT2D eigenvalue weighted by molar-refractivity contribution is -0.126. The third kappa shape index (κ3) is 5.48. The molecule has 0 aliphatic heterocycles. The first kappa shape index (κ1) is 20.3. The maximum absolute atomic E-state index is 11.2. The number of ether oxygens (including phenoxy) is 2. The van der Waals surface area contributed by atoms with Gasteiger partial charge < -0.3 is 19.7 Å². The van der Waals surface area contributed by atoms with Gasteiger partial charge in [-0.05, 0) is 49.2 Å². The van der Waals surface area contributed by atoms with E-state index in [1.807, 2.05) is 13.8 Å². The van der Waals surface area contributed by atoms with Crippen LogP contribution in [0.2, 0.25) is 0 Å². The zero-order chi connectivity index (χ0) is 19.9. The van der Waals surface area contributed by atoms with Crippen LogP contribution >= 0.6 is 0 Å². The average Bonchev–Trinajstić information content (AvgIpc) is 2.62. The fourth-order valence-corrected chi connectivity index (χ4v) is 2.93. The highest BCUT2D eigenvalue weighted by molar-refractivity contribution is 5.88. The first-order chi connectivity index (χ1) is 12.9. The van der Waals surface area contributed by atoms with E-state index in [-0.39, 0.29) is 11.1 Å². The Labute approximate surface area is 158 Å². The van der Waals surface area contributed by atoms with Crippen LogP contribution in [0.4, 0.5) is 0 Å². The summed E-state index contributed by atoms with van der Waals surface area (Å²) in [5.74, 6) is -2.30. The van der Waals surface area contributed by atoms with Crippen LogP contribution in [0.25, 0.3) is 0 Å². The van der Waals surface area contributed by atoms with Crippen molar-refractivity contribution in [3.05, 3.63) is 59.7 Å². The summed E-state index contributed by atoms with van der Waals surface area (Å²) in [6, 6.07) is 12.5. The predicted molar refractivity (Wildman–Crippen MR) is 101 cm³/mol. The molecule has 2 rings (SSSR count). The highest BCUT2D eigenvalue weighted by Gasteiger charge is 2.33. The quantitative estimate of drug-likeness (QED) is 0.580. The van der Waals surface area contributed by atoms with Gasteiger partial charge in [0.1, 0.15) is 11.5 Å². The van der Waals surface area contributed by atoms with Crippen LogP contribution in [0.1, 0.15) is 60.2 Å². The van der Waals surface area contributed by atoms with Gasteiger partial charge in [-0.2, -0.15) is 0 Å². The summed E-state index contributed by atoms with van der Waals surface area (Å²) in [6.45, 7) is 4.00. The van der Waals surface area contributed by atoms with Crippen LogP contribution in [-0.4, -0.2) is 27.9 Å². The van der Waals surface area contributed by atoms with E-state index in [0.29, 0.717) is 24.3 Å². The van der Waals surface area contributed by atoms with Gasteiger partial charge in [0, 0.05) is 12.8 Å². The van der Waals surface area contributed by atoms with Crippen LogP contribution in [0.5, 0.6) is 11.5 Å². The van der Waals surface area contributed by atoms with E-state index in [1.165, 1.54) is 24.3 Å². The van der Waals surface area contributed by atoms with Crippen molar-refractivity contribution in [2.45, 2.75) is 45.3 Å². The van der Waals surface area contributed by atoms with Crippen molar-refractivity contribution in [3.8, 4) is 11.5 Å². The van der Waals surface area contributed by atoms with Crippen LogP contribution in [-0.2, 0) is 0 Å². The minimum Gasteiger partial charge on any atom is -0.478 e. The molecular weight excluding hydrogens is 348 g/mol. The highest BCUT2D eigenvalue weighted by Crippen LogP contribution is 2.31. The molecule has 0 atom stereocenters. The topological polar surface area (TPSA) is 93.1 Å². The molecule has 0 heterocycles. The predicted octanol–water partition coefficient (Wildman–Crippen LogP) is 4.84. The largest absolute Gasteiger partial charge is 0.478 e. The molecule has 0 aromatic heterocycles. The SMILES string of the molecule is CCCC(CCC)(Oc1cccc(C(=O)O)c1)Oc1cccc(C(=O)O)c1. The van der Waals surface area contributed by atoms with Crippen molar-refractivity contribution in [1.29, 1.82) is 0 Å². The second-order valence-corrected chi connectivity index (χ2v) is 6.28. The summed E-state index contributed by atoms with van der Waals surface area (Å²) in [5, 5.41) is 18.4. The number of carboxylic acid groups (broad SMARTS) is 2. The fourth-order valence-electron chi connectivity index (χ4n) is 2.93. The van der Waals surface area contributed by atoms with Crippen LogP contribution in [0.15, 0.2) is 48.5 Å². The number of rotatable bonds is 10. The number of aromatic carboxylic acids is 2. The Hall–Kier alpha value is -3.02. The lowest BCUT2D eigenvalue weighted by atomic mass is 10.0. The Balaban J connectivity index is 2.36. The van der Waals surface area contributed by atoms with Gasteiger partial charge in [0.05, 0.1) is 11.1 Å². The molecule has 0 unspecified atom stereocenters. The van der Waals surface area contributed by atoms with Gasteiger partial charge in [-0.1, -0.05) is 26.0 Å². The summed E-state index contributed by atoms with van der Waals surface area (Å²) in [7, 11) is 0. The maximum atomic E-state index is 11.2. The monoisotopic (exact) mass is 372 g/mol. The number of hydrogen-bond acceptors (Lipinski definition) is 4. The molecule has 0 fully saturated rings. The number of benzene rings is 2. The molecule has 27 heavy (non-hydrogen) atoms. The van der Waals surface area contributed by atoms with E-state index in [2.05, 4.69) is 0 Å². The Morgan fingerprint density at radius 1 is 0.815 bits per heavy atom. The van der Waals surface area contributed by atoms with E-state index >= 15 is 0 Å². The highest BCUT2D eigenvalue weighted by atomic mass is 16.7. The summed E-state index contributed by atoms with van der Waals surface area (Å²) in [6.07, 6.45) is 2.68. The summed E-state index contributed by atoms with van der Waals surface area (Å²) < 4.78 is 12.3. The molecule has 2 aromatic carbocycles. The normalized spacial score (nSPS) is 11.0. The summed E-state index contributed by atoms with van der Waals surface area (Å²) in [4.78, 5) is 22.4. The van der Waals surface area contributed by atoms with Gasteiger partial charge in [0.25, 0.3) is 5.79 Å². The lowest BCUT2D eigenvalue weighted by Crippen LogP contribution is -2.42. The maximum Gasteiger partial charge on any atom is 0.335 e. The molecule has 0 bridgehead atoms. The van der Waals surface area contributed by atoms with Crippen molar-refractivity contribution < 1.29 is 29.3 Å². The molecular formula is C21H24O6. The number of carbonyl (C=O) groups is 2. The van der Waals surface area contributed by atoms with Gasteiger partial charge in [0.15, 0.2) is 0 Å². The third-order valence-corrected chi connectivity index (χ3v) is 4.03. The second kappa shape index (κ2) is 9.07. The van der Waals surface area contributed by atoms with Crippen LogP contribution < -0.4 is 9.47 Å². The van der Waals surface area contributed by atoms with Crippen LogP contribution in [0, 0.1) is 0 Å². The van der Waals surface area contributed by atoms with E-state index in [9.17, 15) is 19.8 Å². The first-order valence-corrected chi connectivity index (χ1v) is 8.94. The molecule has 6 nitrogen and oxygen atoms in total. The van der Waals surface area contributed by atoms with Gasteiger partial charge in [-0.3, -0.25) is 0 Å². The minimum atomic E-state index is -1.04. The average molecular weight is 372 g/mol. The Bertz CT molecular complexity index is 731. The Morgan fingerprint density at radius 2 is 1.22 bits per heavy atom. The second-order valence-electron chi connectivity index (χ2n) is 6.28. The van der Waals surface area contributed by atoms with Gasteiger partial charge in [-0.15, -0.1) is 0 Å². The number of hydrogen-bond donors (Lipinski definition) is 2. The molecule has 6 heteroatoms. The summed E-state index contributed by atoms with van der Waals surface area (Å²) in [5.41, 5.74) is 0.254. The van der Waals surface area contributed by atoms with Crippen LogP contribution in [0.3, 0.4) is 0 Å². The molecule has 144 valence electrons. The molecule has 0 saturated carbocycles. The van der Waals surface area contributed by atoms with E-state index < -0.39 is 17.7 Å². The Morgan fingerprint density at radius 3 is 1.56 bits per heavy atom. The molecule has 0 saturated heterocycles. The summed E-state index contributed by atoms with van der Waals surface area (Å²) >= 11 is 0. The van der Waals surface area contributed by atoms with Crippen molar-refractivity contribution in [3.63, 3.8) is 0 Å². The lowest BCUT2D eigenvalue weighted by Gasteiger charge is -2.35. The molecule has 0 aliphatic carbocycles. The Kier molecular flexibility index (Phi) is 6.82. The van der Waals surface area contributed by atoms with Gasteiger partial charge >= 0.3 is 11.9 Å². The van der Waals surface area contributed by atoms with Gasteiger partial charge in [-0.25, -0.2) is 9.59 Å². The smallest absolute Gasteiger partial charge is 0.335 e. The van der Waals surface area contributed by atoms with Crippen molar-refractivity contribution in [2.75, 3.05) is 0 Å². The molecule has 0 radical (unpaired) electrons. The van der Waals surface area contributed by atoms with E-state index in [4.69, 9.17) is 9.47 Å². The van der Waals surface area contributed by atoms with Crippen molar-refractivity contribution in [2.24, 2.45) is 0 Å². The van der Waals surface area contributed by atoms with Crippen molar-refractivity contribution in [1.82, 2.24) is 0 Å². The fraction of sp³-hybridized carbons (Fsp3) is 0.333. The molecule has 2 N–H and O–H groups in total. The third-order valence-electron chi connectivity index (χ3n) is 4.03. The van der Waals surface area contributed by atoms with E-state index in [1.54, 1.807) is 24.3 Å². The standard InChI is InChI=1S/C21H24O6/c1-3-11-21(12-4-2,26-17-9-5-7-15(13-17)19(22)23)27-18-10-6-8-16(14-18)20(24)25/h5-10,13-14H,3-4,11-12H2,1-2H3,(H,22,23)(H,24,25).